The molecular formula is C24H36N4O9. The lowest BCUT2D eigenvalue weighted by atomic mass is 9.98. The summed E-state index contributed by atoms with van der Waals surface area (Å²) in [6.45, 7) is 4.75. The van der Waals surface area contributed by atoms with Crippen LogP contribution in [0.2, 0.25) is 0 Å². The van der Waals surface area contributed by atoms with Crippen LogP contribution in [-0.4, -0.2) is 80.4 Å². The highest BCUT2D eigenvalue weighted by Gasteiger charge is 2.32. The van der Waals surface area contributed by atoms with Crippen LogP contribution in [0.25, 0.3) is 0 Å². The third kappa shape index (κ3) is 10.4. The molecule has 0 aliphatic heterocycles. The van der Waals surface area contributed by atoms with Crippen molar-refractivity contribution in [1.29, 1.82) is 0 Å². The van der Waals surface area contributed by atoms with Crippen molar-refractivity contribution in [3.8, 4) is 5.75 Å². The van der Waals surface area contributed by atoms with E-state index in [1.54, 1.807) is 6.92 Å². The molecule has 0 aliphatic rings. The van der Waals surface area contributed by atoms with Gasteiger partial charge in [0, 0.05) is 12.8 Å². The summed E-state index contributed by atoms with van der Waals surface area (Å²) in [4.78, 5) is 61.2. The third-order valence-corrected chi connectivity index (χ3v) is 5.89. The molecule has 206 valence electrons. The lowest BCUT2D eigenvalue weighted by Gasteiger charge is -2.26. The first-order valence-corrected chi connectivity index (χ1v) is 11.8. The van der Waals surface area contributed by atoms with E-state index in [1.165, 1.54) is 31.2 Å². The van der Waals surface area contributed by atoms with Gasteiger partial charge in [-0.05, 0) is 37.0 Å². The van der Waals surface area contributed by atoms with Gasteiger partial charge in [0.2, 0.25) is 17.7 Å². The van der Waals surface area contributed by atoms with Crippen molar-refractivity contribution >= 4 is 29.7 Å². The number of carbonyl (C=O) groups is 5. The molecule has 3 amide bonds. The van der Waals surface area contributed by atoms with Gasteiger partial charge in [-0.15, -0.1) is 0 Å². The molecule has 0 saturated heterocycles. The number of aliphatic carboxylic acids is 2. The van der Waals surface area contributed by atoms with Crippen molar-refractivity contribution < 1.29 is 44.4 Å². The van der Waals surface area contributed by atoms with E-state index >= 15 is 0 Å². The average Bonchev–Trinajstić information content (AvgIpc) is 2.83. The number of carboxylic acid groups (broad SMARTS) is 2. The number of carbonyl (C=O) groups excluding carboxylic acids is 3. The highest BCUT2D eigenvalue weighted by atomic mass is 16.4. The number of aliphatic hydroxyl groups excluding tert-OH is 1. The minimum Gasteiger partial charge on any atom is -0.508 e. The largest absolute Gasteiger partial charge is 0.508 e. The maximum absolute atomic E-state index is 13.1. The molecular weight excluding hydrogens is 488 g/mol. The number of carboxylic acids is 2. The number of hydrogen-bond acceptors (Lipinski definition) is 8. The molecule has 37 heavy (non-hydrogen) atoms. The second-order valence-corrected chi connectivity index (χ2v) is 8.90. The smallest absolute Gasteiger partial charge is 0.328 e. The molecule has 1 aromatic carbocycles. The fourth-order valence-electron chi connectivity index (χ4n) is 3.31. The van der Waals surface area contributed by atoms with E-state index in [0.29, 0.717) is 12.0 Å². The number of phenols is 1. The summed E-state index contributed by atoms with van der Waals surface area (Å²) < 4.78 is 0. The average molecular weight is 525 g/mol. The SMILES string of the molecule is CCC(C)C(N)C(=O)NC(CCC(=O)O)C(=O)NC(Cc1ccc(O)cc1)C(=O)NC(C(=O)O)C(C)O. The van der Waals surface area contributed by atoms with Crippen LogP contribution in [0, 0.1) is 5.92 Å². The van der Waals surface area contributed by atoms with E-state index in [1.807, 2.05) is 6.92 Å². The van der Waals surface area contributed by atoms with Crippen LogP contribution in [0.4, 0.5) is 0 Å². The van der Waals surface area contributed by atoms with Crippen molar-refractivity contribution in [2.75, 3.05) is 0 Å². The Kier molecular flexibility index (Phi) is 12.5. The van der Waals surface area contributed by atoms with Crippen LogP contribution in [0.3, 0.4) is 0 Å². The minimum atomic E-state index is -1.66. The second kappa shape index (κ2) is 14.8. The number of phenolic OH excluding ortho intramolecular Hbond substituents is 1. The Hall–Kier alpha value is -3.71. The maximum atomic E-state index is 13.1. The minimum absolute atomic E-state index is 0.0390. The van der Waals surface area contributed by atoms with Crippen LogP contribution >= 0.6 is 0 Å². The zero-order chi connectivity index (χ0) is 28.3. The van der Waals surface area contributed by atoms with E-state index in [2.05, 4.69) is 16.0 Å². The summed E-state index contributed by atoms with van der Waals surface area (Å²) in [5, 5.41) is 44.6. The van der Waals surface area contributed by atoms with Crippen LogP contribution in [0.15, 0.2) is 24.3 Å². The normalized spacial score (nSPS) is 15.8. The molecule has 6 atom stereocenters. The summed E-state index contributed by atoms with van der Waals surface area (Å²) >= 11 is 0. The molecule has 0 aliphatic carbocycles. The van der Waals surface area contributed by atoms with Gasteiger partial charge >= 0.3 is 11.9 Å². The van der Waals surface area contributed by atoms with Gasteiger partial charge in [-0.3, -0.25) is 19.2 Å². The Morgan fingerprint density at radius 2 is 1.43 bits per heavy atom. The first-order chi connectivity index (χ1) is 17.3. The number of amides is 3. The van der Waals surface area contributed by atoms with Gasteiger partial charge in [-0.1, -0.05) is 32.4 Å². The van der Waals surface area contributed by atoms with Gasteiger partial charge < -0.3 is 42.1 Å². The lowest BCUT2D eigenvalue weighted by Crippen LogP contribution is -2.59. The van der Waals surface area contributed by atoms with E-state index < -0.39 is 66.4 Å². The zero-order valence-electron chi connectivity index (χ0n) is 21.0. The first-order valence-electron chi connectivity index (χ1n) is 11.8. The Labute approximate surface area is 214 Å². The molecule has 9 N–H and O–H groups in total. The number of nitrogens with two attached hydrogens (primary N) is 1. The van der Waals surface area contributed by atoms with Gasteiger partial charge in [-0.25, -0.2) is 4.79 Å². The summed E-state index contributed by atoms with van der Waals surface area (Å²) in [6.07, 6.45) is -1.76. The summed E-state index contributed by atoms with van der Waals surface area (Å²) in [5.74, 6) is -5.45. The molecule has 0 aromatic heterocycles. The molecule has 13 nitrogen and oxygen atoms in total. The molecule has 0 spiro atoms. The molecule has 1 rings (SSSR count). The highest BCUT2D eigenvalue weighted by Crippen LogP contribution is 2.13. The van der Waals surface area contributed by atoms with Crippen molar-refractivity contribution in [2.24, 2.45) is 11.7 Å². The molecule has 0 radical (unpaired) electrons. The van der Waals surface area contributed by atoms with Crippen LogP contribution < -0.4 is 21.7 Å². The van der Waals surface area contributed by atoms with Crippen LogP contribution in [0.5, 0.6) is 5.75 Å². The van der Waals surface area contributed by atoms with E-state index in [-0.39, 0.29) is 24.5 Å². The summed E-state index contributed by atoms with van der Waals surface area (Å²) in [6, 6.07) is 0.347. The van der Waals surface area contributed by atoms with E-state index in [9.17, 15) is 39.3 Å². The van der Waals surface area contributed by atoms with Gasteiger partial charge in [-0.2, -0.15) is 0 Å². The zero-order valence-corrected chi connectivity index (χ0v) is 21.0. The Morgan fingerprint density at radius 3 is 1.92 bits per heavy atom. The van der Waals surface area contributed by atoms with Crippen molar-refractivity contribution in [3.05, 3.63) is 29.8 Å². The highest BCUT2D eigenvalue weighted by molar-refractivity contribution is 5.94. The third-order valence-electron chi connectivity index (χ3n) is 5.89. The van der Waals surface area contributed by atoms with Gasteiger partial charge in [0.15, 0.2) is 6.04 Å². The maximum Gasteiger partial charge on any atom is 0.328 e. The molecule has 1 aromatic rings. The van der Waals surface area contributed by atoms with E-state index in [4.69, 9.17) is 10.8 Å². The Bertz CT molecular complexity index is 952. The predicted octanol–water partition coefficient (Wildman–Crippen LogP) is -0.907. The number of nitrogens with one attached hydrogen (secondary N) is 3. The molecule has 0 fully saturated rings. The number of rotatable bonds is 15. The number of benzene rings is 1. The topological polar surface area (TPSA) is 228 Å². The van der Waals surface area contributed by atoms with E-state index in [0.717, 1.165) is 0 Å². The monoisotopic (exact) mass is 524 g/mol. The van der Waals surface area contributed by atoms with Gasteiger partial charge in [0.1, 0.15) is 17.8 Å². The first kappa shape index (κ1) is 31.3. The molecule has 0 heterocycles. The molecule has 0 saturated carbocycles. The fraction of sp³-hybridized carbons (Fsp3) is 0.542. The molecule has 6 unspecified atom stereocenters. The predicted molar refractivity (Wildman–Crippen MR) is 131 cm³/mol. The number of hydrogen-bond donors (Lipinski definition) is 8. The van der Waals surface area contributed by atoms with Crippen molar-refractivity contribution in [3.63, 3.8) is 0 Å². The quantitative estimate of drug-likeness (QED) is 0.141. The lowest BCUT2D eigenvalue weighted by molar-refractivity contribution is -0.145. The Balaban J connectivity index is 3.20. The van der Waals surface area contributed by atoms with Crippen LogP contribution in [-0.2, 0) is 30.4 Å². The van der Waals surface area contributed by atoms with Gasteiger partial charge in [0.25, 0.3) is 0 Å². The second-order valence-electron chi connectivity index (χ2n) is 8.90. The van der Waals surface area contributed by atoms with Crippen molar-refractivity contribution in [2.45, 2.75) is 76.7 Å². The van der Waals surface area contributed by atoms with Gasteiger partial charge in [0.05, 0.1) is 12.1 Å². The number of aliphatic hydroxyl groups is 1. The van der Waals surface area contributed by atoms with Crippen molar-refractivity contribution in [1.82, 2.24) is 16.0 Å². The molecule has 0 bridgehead atoms. The summed E-state index contributed by atoms with van der Waals surface area (Å²) in [7, 11) is 0. The standard InChI is InChI=1S/C24H36N4O9/c1-4-12(2)19(25)23(35)26-16(9-10-18(31)32)21(33)27-17(11-14-5-7-15(30)8-6-14)22(34)28-20(13(3)29)24(36)37/h5-8,12-13,16-17,19-20,29-30H,4,9-11,25H2,1-3H3,(H,26,35)(H,27,33)(H,28,34)(H,31,32)(H,36,37). The number of aromatic hydroxyl groups is 1. The van der Waals surface area contributed by atoms with Crippen LogP contribution in [0.1, 0.15) is 45.6 Å². The fourth-order valence-corrected chi connectivity index (χ4v) is 3.31. The molecule has 13 heteroatoms. The summed E-state index contributed by atoms with van der Waals surface area (Å²) in [5.41, 5.74) is 6.42. The Morgan fingerprint density at radius 1 is 0.892 bits per heavy atom.